The van der Waals surface area contributed by atoms with Crippen molar-refractivity contribution in [1.82, 2.24) is 0 Å². The lowest BCUT2D eigenvalue weighted by molar-refractivity contribution is -0.152. The van der Waals surface area contributed by atoms with Gasteiger partial charge in [0.2, 0.25) is 0 Å². The Morgan fingerprint density at radius 2 is 1.94 bits per heavy atom. The lowest BCUT2D eigenvalue weighted by atomic mass is 10.4. The second-order valence-electron chi connectivity index (χ2n) is 3.49. The Morgan fingerprint density at radius 1 is 1.35 bits per heavy atom. The lowest BCUT2D eigenvalue weighted by Crippen LogP contribution is -2.15. The SMILES string of the molecule is CCCSP(=O)(OCC(F)(F)F)SC(C)CC. The summed E-state index contributed by atoms with van der Waals surface area (Å²) in [5.74, 6) is -2.75. The molecule has 0 radical (unpaired) electrons. The normalized spacial score (nSPS) is 17.8. The lowest BCUT2D eigenvalue weighted by Gasteiger charge is -2.20. The summed E-state index contributed by atoms with van der Waals surface area (Å²) < 4.78 is 53.0. The fourth-order valence-corrected chi connectivity index (χ4v) is 8.68. The largest absolute Gasteiger partial charge is 0.412 e. The molecule has 0 spiro atoms. The van der Waals surface area contributed by atoms with E-state index in [0.717, 1.165) is 35.6 Å². The Hall–Kier alpha value is 0.680. The number of alkyl halides is 3. The van der Waals surface area contributed by atoms with Crippen LogP contribution in [0.4, 0.5) is 13.2 Å². The number of hydrogen-bond donors (Lipinski definition) is 0. The maximum Gasteiger partial charge on any atom is 0.412 e. The molecule has 0 rings (SSSR count). The maximum atomic E-state index is 12.2. The number of halogens is 3. The first-order chi connectivity index (χ1) is 7.72. The van der Waals surface area contributed by atoms with E-state index < -0.39 is 18.6 Å². The van der Waals surface area contributed by atoms with Crippen LogP contribution in [0.1, 0.15) is 33.6 Å². The van der Waals surface area contributed by atoms with Gasteiger partial charge in [0, 0.05) is 11.0 Å². The van der Waals surface area contributed by atoms with E-state index in [1.807, 2.05) is 20.8 Å². The van der Waals surface area contributed by atoms with Gasteiger partial charge < -0.3 is 4.52 Å². The summed E-state index contributed by atoms with van der Waals surface area (Å²) in [7, 11) is 0. The molecular formula is C9H18F3O2PS2. The minimum absolute atomic E-state index is 0.0263. The van der Waals surface area contributed by atoms with Crippen molar-refractivity contribution in [2.75, 3.05) is 12.4 Å². The van der Waals surface area contributed by atoms with Crippen LogP contribution in [-0.4, -0.2) is 23.8 Å². The van der Waals surface area contributed by atoms with Gasteiger partial charge in [-0.1, -0.05) is 43.5 Å². The summed E-state index contributed by atoms with van der Waals surface area (Å²) in [5.41, 5.74) is 0. The van der Waals surface area contributed by atoms with Crippen LogP contribution in [0.5, 0.6) is 0 Å². The van der Waals surface area contributed by atoms with Crippen LogP contribution in [0.3, 0.4) is 0 Å². The highest BCUT2D eigenvalue weighted by Gasteiger charge is 2.35. The van der Waals surface area contributed by atoms with Gasteiger partial charge in [0.25, 0.3) is 0 Å². The Bertz CT molecular complexity index is 261. The Balaban J connectivity index is 4.44. The Morgan fingerprint density at radius 3 is 2.35 bits per heavy atom. The van der Waals surface area contributed by atoms with Gasteiger partial charge in [-0.25, -0.2) is 0 Å². The third-order valence-corrected chi connectivity index (χ3v) is 9.73. The fraction of sp³-hybridized carbons (Fsp3) is 1.00. The van der Waals surface area contributed by atoms with E-state index in [1.165, 1.54) is 0 Å². The van der Waals surface area contributed by atoms with Crippen molar-refractivity contribution in [2.24, 2.45) is 0 Å². The van der Waals surface area contributed by atoms with Crippen molar-refractivity contribution in [2.45, 2.75) is 45.0 Å². The minimum Gasteiger partial charge on any atom is -0.304 e. The first-order valence-corrected chi connectivity index (χ1v) is 10.1. The molecule has 0 bridgehead atoms. The second-order valence-corrected chi connectivity index (χ2v) is 11.3. The molecule has 8 heteroatoms. The Kier molecular flexibility index (Phi) is 8.29. The van der Waals surface area contributed by atoms with Gasteiger partial charge in [-0.05, 0) is 12.8 Å². The first-order valence-electron chi connectivity index (χ1n) is 5.36. The zero-order valence-corrected chi connectivity index (χ0v) is 12.6. The molecule has 2 atom stereocenters. The molecule has 0 aromatic rings. The topological polar surface area (TPSA) is 26.3 Å². The first kappa shape index (κ1) is 17.7. The van der Waals surface area contributed by atoms with Crippen LogP contribution < -0.4 is 0 Å². The smallest absolute Gasteiger partial charge is 0.304 e. The van der Waals surface area contributed by atoms with Crippen LogP contribution in [0.2, 0.25) is 0 Å². The van der Waals surface area contributed by atoms with Gasteiger partial charge in [-0.2, -0.15) is 13.2 Å². The molecule has 0 aliphatic carbocycles. The number of rotatable bonds is 8. The molecular weight excluding hydrogens is 292 g/mol. The van der Waals surface area contributed by atoms with Crippen LogP contribution in [0.25, 0.3) is 0 Å². The van der Waals surface area contributed by atoms with Gasteiger partial charge in [-0.3, -0.25) is 4.57 Å². The molecule has 0 heterocycles. The summed E-state index contributed by atoms with van der Waals surface area (Å²) in [5, 5.41) is 0.0263. The molecule has 0 aromatic carbocycles. The average Bonchev–Trinajstić information content (AvgIpc) is 2.23. The number of hydrogen-bond acceptors (Lipinski definition) is 4. The van der Waals surface area contributed by atoms with Crippen molar-refractivity contribution in [3.05, 3.63) is 0 Å². The summed E-state index contributed by atoms with van der Waals surface area (Å²) in [4.78, 5) is 0. The van der Waals surface area contributed by atoms with Gasteiger partial charge in [0.15, 0.2) is 6.61 Å². The zero-order valence-electron chi connectivity index (χ0n) is 10.1. The van der Waals surface area contributed by atoms with E-state index in [1.54, 1.807) is 0 Å². The van der Waals surface area contributed by atoms with E-state index >= 15 is 0 Å². The van der Waals surface area contributed by atoms with E-state index in [2.05, 4.69) is 4.52 Å². The maximum absolute atomic E-state index is 12.2. The van der Waals surface area contributed by atoms with Gasteiger partial charge in [0.1, 0.15) is 0 Å². The molecule has 104 valence electrons. The van der Waals surface area contributed by atoms with E-state index in [-0.39, 0.29) is 5.25 Å². The third kappa shape index (κ3) is 9.28. The van der Waals surface area contributed by atoms with Gasteiger partial charge in [0.05, 0.1) is 0 Å². The predicted octanol–water partition coefficient (Wildman–Crippen LogP) is 5.35. The van der Waals surface area contributed by atoms with E-state index in [9.17, 15) is 17.7 Å². The molecule has 0 saturated carbocycles. The molecule has 0 N–H and O–H groups in total. The van der Waals surface area contributed by atoms with Crippen molar-refractivity contribution in [3.63, 3.8) is 0 Å². The van der Waals surface area contributed by atoms with Crippen LogP contribution >= 0.6 is 28.5 Å². The van der Waals surface area contributed by atoms with Crippen molar-refractivity contribution >= 4 is 28.5 Å². The monoisotopic (exact) mass is 310 g/mol. The van der Waals surface area contributed by atoms with Crippen molar-refractivity contribution in [3.8, 4) is 0 Å². The molecule has 0 fully saturated rings. The fourth-order valence-electron chi connectivity index (χ4n) is 0.748. The average molecular weight is 310 g/mol. The summed E-state index contributed by atoms with van der Waals surface area (Å²) in [6, 6.07) is 0. The van der Waals surface area contributed by atoms with Gasteiger partial charge in [-0.15, -0.1) is 0 Å². The molecule has 0 saturated heterocycles. The highest BCUT2D eigenvalue weighted by atomic mass is 33.1. The Labute approximate surface area is 108 Å². The van der Waals surface area contributed by atoms with Crippen molar-refractivity contribution < 1.29 is 22.3 Å². The van der Waals surface area contributed by atoms with E-state index in [4.69, 9.17) is 0 Å². The third-order valence-electron chi connectivity index (χ3n) is 1.72. The molecule has 17 heavy (non-hydrogen) atoms. The zero-order chi connectivity index (χ0) is 13.5. The van der Waals surface area contributed by atoms with Crippen LogP contribution in [-0.2, 0) is 9.09 Å². The van der Waals surface area contributed by atoms with Crippen LogP contribution in [0.15, 0.2) is 0 Å². The van der Waals surface area contributed by atoms with Gasteiger partial charge >= 0.3 is 11.9 Å². The molecule has 0 aliphatic heterocycles. The van der Waals surface area contributed by atoms with Crippen molar-refractivity contribution in [1.29, 1.82) is 0 Å². The predicted molar refractivity (Wildman–Crippen MR) is 69.7 cm³/mol. The summed E-state index contributed by atoms with van der Waals surface area (Å²) in [6.45, 7) is 4.18. The second kappa shape index (κ2) is 7.97. The highest BCUT2D eigenvalue weighted by molar-refractivity contribution is 8.89. The van der Waals surface area contributed by atoms with E-state index in [0.29, 0.717) is 5.75 Å². The summed E-state index contributed by atoms with van der Waals surface area (Å²) in [6.07, 6.45) is -2.93. The quantitative estimate of drug-likeness (QED) is 0.565. The molecule has 2 nitrogen and oxygen atoms in total. The minimum atomic E-state index is -4.43. The molecule has 2 unspecified atom stereocenters. The molecule has 0 amide bonds. The molecule has 0 aliphatic rings. The highest BCUT2D eigenvalue weighted by Crippen LogP contribution is 2.71. The van der Waals surface area contributed by atoms with Crippen LogP contribution in [0, 0.1) is 0 Å². The standard InChI is InChI=1S/C9H18F3O2PS2/c1-4-6-16-15(13,17-8(3)5-2)14-7-9(10,11)12/h8H,4-7H2,1-3H3. The molecule has 0 aromatic heterocycles. The summed E-state index contributed by atoms with van der Waals surface area (Å²) >= 11 is 2.03.